The first kappa shape index (κ1) is 22.5. The smallest absolute Gasteiger partial charge is 0.274 e. The number of halogens is 3. The second-order valence-electron chi connectivity index (χ2n) is 6.52. The normalized spacial score (nSPS) is 11.9. The van der Waals surface area contributed by atoms with Crippen LogP contribution in [0.4, 0.5) is 18.9 Å². The molecule has 0 amide bonds. The van der Waals surface area contributed by atoms with Gasteiger partial charge in [-0.2, -0.15) is 0 Å². The van der Waals surface area contributed by atoms with Crippen molar-refractivity contribution in [2.45, 2.75) is 18.9 Å². The average Bonchev–Trinajstić information content (AvgIpc) is 2.67. The topological polar surface area (TPSA) is 60.8 Å². The first-order chi connectivity index (χ1) is 13.8. The number of nitrogens with zero attached hydrogens (tertiary/aromatic N) is 2. The number of rotatable bonds is 10. The molecule has 2 rings (SSSR count). The van der Waals surface area contributed by atoms with Crippen LogP contribution in [0.2, 0.25) is 0 Å². The molecule has 0 aliphatic carbocycles. The Kier molecular flexibility index (Phi) is 7.83. The number of hydrogen-bond donors (Lipinski definition) is 0. The van der Waals surface area contributed by atoms with Gasteiger partial charge >= 0.3 is 0 Å². The molecule has 0 aliphatic rings. The Labute approximate surface area is 166 Å². The zero-order valence-corrected chi connectivity index (χ0v) is 16.5. The molecular weight excluding hydrogens is 389 g/mol. The number of carbonyl (C=O) groups is 1. The summed E-state index contributed by atoms with van der Waals surface area (Å²) in [6.07, 6.45) is 1.42. The number of pyridine rings is 1. The number of carbonyl (C=O) groups excluding carboxylic acids is 1. The summed E-state index contributed by atoms with van der Waals surface area (Å²) in [5.74, 6) is -3.25. The van der Waals surface area contributed by atoms with E-state index in [4.69, 9.17) is 9.47 Å². The first-order valence-electron chi connectivity index (χ1n) is 8.89. The highest BCUT2D eigenvalue weighted by Gasteiger charge is 2.24. The van der Waals surface area contributed by atoms with Crippen molar-refractivity contribution in [3.63, 3.8) is 0 Å². The maximum atomic E-state index is 14.5. The van der Waals surface area contributed by atoms with Crippen molar-refractivity contribution >= 4 is 12.0 Å². The molecule has 0 bridgehead atoms. The van der Waals surface area contributed by atoms with Crippen LogP contribution in [0.15, 0.2) is 29.2 Å². The number of aromatic nitrogens is 1. The Hall–Kier alpha value is -2.81. The number of aldehydes is 1. The van der Waals surface area contributed by atoms with E-state index in [1.165, 1.54) is 26.2 Å². The maximum absolute atomic E-state index is 14.5. The lowest BCUT2D eigenvalue weighted by molar-refractivity contribution is -0.108. The van der Waals surface area contributed by atoms with E-state index in [1.807, 2.05) is 0 Å². The number of likely N-dealkylation sites (N-methyl/N-ethyl adjacent to an activating group) is 1. The Morgan fingerprint density at radius 3 is 2.38 bits per heavy atom. The Balaban J connectivity index is 2.38. The summed E-state index contributed by atoms with van der Waals surface area (Å²) in [6, 6.07) is 3.09. The number of benzene rings is 1. The van der Waals surface area contributed by atoms with Crippen LogP contribution in [0.3, 0.4) is 0 Å². The van der Waals surface area contributed by atoms with Gasteiger partial charge < -0.3 is 23.7 Å². The van der Waals surface area contributed by atoms with Crippen molar-refractivity contribution < 1.29 is 27.4 Å². The van der Waals surface area contributed by atoms with Gasteiger partial charge in [0.05, 0.1) is 13.7 Å². The van der Waals surface area contributed by atoms with Crippen LogP contribution < -0.4 is 15.2 Å². The van der Waals surface area contributed by atoms with Crippen LogP contribution in [0.1, 0.15) is 17.9 Å². The zero-order chi connectivity index (χ0) is 21.6. The van der Waals surface area contributed by atoms with Crippen molar-refractivity contribution in [3.05, 3.63) is 57.8 Å². The third kappa shape index (κ3) is 5.38. The minimum Gasteiger partial charge on any atom is -0.497 e. The molecule has 0 saturated carbocycles. The minimum atomic E-state index is -0.890. The highest BCUT2D eigenvalue weighted by Crippen LogP contribution is 2.30. The van der Waals surface area contributed by atoms with E-state index in [9.17, 15) is 22.8 Å². The molecule has 0 saturated heterocycles. The van der Waals surface area contributed by atoms with Crippen LogP contribution in [-0.2, 0) is 16.1 Å². The van der Waals surface area contributed by atoms with Crippen molar-refractivity contribution in [1.82, 2.24) is 4.57 Å². The molecular formula is C20H23F3N2O4. The Bertz CT molecular complexity index is 894. The second kappa shape index (κ2) is 10.1. The predicted molar refractivity (Wildman–Crippen MR) is 102 cm³/mol. The van der Waals surface area contributed by atoms with Gasteiger partial charge in [-0.1, -0.05) is 0 Å². The van der Waals surface area contributed by atoms with Crippen LogP contribution in [0, 0.1) is 17.5 Å². The van der Waals surface area contributed by atoms with Crippen molar-refractivity contribution in [2.75, 3.05) is 39.3 Å². The molecule has 6 nitrogen and oxygen atoms in total. The lowest BCUT2D eigenvalue weighted by Gasteiger charge is -2.26. The van der Waals surface area contributed by atoms with Gasteiger partial charge in [-0.05, 0) is 0 Å². The van der Waals surface area contributed by atoms with Crippen LogP contribution in [0.5, 0.6) is 5.75 Å². The van der Waals surface area contributed by atoms with Gasteiger partial charge in [0.2, 0.25) is 0 Å². The van der Waals surface area contributed by atoms with Gasteiger partial charge in [0.25, 0.3) is 5.56 Å². The number of hydrogen-bond acceptors (Lipinski definition) is 5. The van der Waals surface area contributed by atoms with Crippen molar-refractivity contribution in [3.8, 4) is 5.75 Å². The quantitative estimate of drug-likeness (QED) is 0.562. The third-order valence-electron chi connectivity index (χ3n) is 4.55. The highest BCUT2D eigenvalue weighted by atomic mass is 19.1. The molecule has 0 spiro atoms. The molecule has 29 heavy (non-hydrogen) atoms. The lowest BCUT2D eigenvalue weighted by atomic mass is 9.94. The van der Waals surface area contributed by atoms with Gasteiger partial charge in [0.15, 0.2) is 0 Å². The van der Waals surface area contributed by atoms with E-state index in [0.29, 0.717) is 6.29 Å². The molecule has 0 aliphatic heterocycles. The number of methoxy groups -OCH3 is 2. The Morgan fingerprint density at radius 2 is 1.83 bits per heavy atom. The predicted octanol–water partition coefficient (Wildman–Crippen LogP) is 2.73. The average molecular weight is 412 g/mol. The molecule has 9 heteroatoms. The summed E-state index contributed by atoms with van der Waals surface area (Å²) in [5, 5.41) is 0. The largest absolute Gasteiger partial charge is 0.497 e. The van der Waals surface area contributed by atoms with Gasteiger partial charge in [-0.25, -0.2) is 13.2 Å². The molecule has 1 heterocycles. The van der Waals surface area contributed by atoms with E-state index < -0.39 is 28.9 Å². The van der Waals surface area contributed by atoms with Gasteiger partial charge in [-0.15, -0.1) is 0 Å². The fourth-order valence-electron chi connectivity index (χ4n) is 3.11. The number of ether oxygens (including phenoxy) is 2. The molecule has 1 aromatic heterocycles. The molecule has 2 aromatic rings. The first-order valence-corrected chi connectivity index (χ1v) is 8.89. The molecule has 1 atom stereocenters. The van der Waals surface area contributed by atoms with E-state index in [1.54, 1.807) is 0 Å². The fourth-order valence-corrected chi connectivity index (χ4v) is 3.11. The van der Waals surface area contributed by atoms with E-state index in [2.05, 4.69) is 0 Å². The highest BCUT2D eigenvalue weighted by molar-refractivity contribution is 5.53. The third-order valence-corrected chi connectivity index (χ3v) is 4.55. The monoisotopic (exact) mass is 412 g/mol. The Morgan fingerprint density at radius 1 is 1.17 bits per heavy atom. The van der Waals surface area contributed by atoms with E-state index in [-0.39, 0.29) is 43.1 Å². The summed E-state index contributed by atoms with van der Waals surface area (Å²) in [4.78, 5) is 25.1. The standard InChI is InChI=1S/C20H23F3N2O4/c1-24(18-8-14(21)12-25(20(18)27)5-7-28-2)11-13(4-6-26)19-16(22)9-15(29-3)10-17(19)23/h6,8-10,12-13H,4-5,7,11H2,1-3H3. The molecule has 0 N–H and O–H groups in total. The fraction of sp³-hybridized carbons (Fsp3) is 0.400. The summed E-state index contributed by atoms with van der Waals surface area (Å²) >= 11 is 0. The van der Waals surface area contributed by atoms with Gasteiger partial charge in [0, 0.05) is 69.5 Å². The maximum Gasteiger partial charge on any atom is 0.274 e. The zero-order valence-electron chi connectivity index (χ0n) is 16.5. The summed E-state index contributed by atoms with van der Waals surface area (Å²) in [5.41, 5.74) is -0.765. The minimum absolute atomic E-state index is 0.00586. The number of anilines is 1. The van der Waals surface area contributed by atoms with Crippen molar-refractivity contribution in [2.24, 2.45) is 0 Å². The van der Waals surface area contributed by atoms with Gasteiger partial charge in [0.1, 0.15) is 35.2 Å². The molecule has 0 fully saturated rings. The van der Waals surface area contributed by atoms with Crippen LogP contribution >= 0.6 is 0 Å². The van der Waals surface area contributed by atoms with Crippen LogP contribution in [-0.4, -0.2) is 45.3 Å². The van der Waals surface area contributed by atoms with E-state index in [0.717, 1.165) is 29.0 Å². The van der Waals surface area contributed by atoms with Crippen LogP contribution in [0.25, 0.3) is 0 Å². The van der Waals surface area contributed by atoms with Crippen molar-refractivity contribution in [1.29, 1.82) is 0 Å². The van der Waals surface area contributed by atoms with E-state index >= 15 is 0 Å². The molecule has 1 unspecified atom stereocenters. The lowest BCUT2D eigenvalue weighted by Crippen LogP contribution is -2.33. The molecule has 1 aromatic carbocycles. The summed E-state index contributed by atoms with van der Waals surface area (Å²) in [6.45, 7) is 0.276. The second-order valence-corrected chi connectivity index (χ2v) is 6.52. The summed E-state index contributed by atoms with van der Waals surface area (Å²) in [7, 11) is 4.23. The SMILES string of the molecule is COCCn1cc(F)cc(N(C)CC(CC=O)c2c(F)cc(OC)cc2F)c1=O. The summed E-state index contributed by atoms with van der Waals surface area (Å²) < 4.78 is 53.9. The van der Waals surface area contributed by atoms with Gasteiger partial charge in [-0.3, -0.25) is 4.79 Å². The molecule has 158 valence electrons. The molecule has 0 radical (unpaired) electrons.